The molecule has 0 aromatic carbocycles. The first-order chi connectivity index (χ1) is 6.41. The molecule has 2 rings (SSSR count). The number of piperidine rings is 1. The number of carbonyl (C=O) groups is 1. The van der Waals surface area contributed by atoms with E-state index < -0.39 is 0 Å². The first-order valence-electron chi connectivity index (χ1n) is 5.47. The Morgan fingerprint density at radius 3 is 2.57 bits per heavy atom. The molecule has 0 aromatic heterocycles. The van der Waals surface area contributed by atoms with Crippen molar-refractivity contribution >= 4 is 5.91 Å². The molecule has 1 spiro atoms. The predicted molar refractivity (Wildman–Crippen MR) is 56.1 cm³/mol. The highest BCUT2D eigenvalue weighted by Gasteiger charge is 2.46. The summed E-state index contributed by atoms with van der Waals surface area (Å²) in [5.74, 6) is 0.223. The van der Waals surface area contributed by atoms with Crippen molar-refractivity contribution in [2.75, 3.05) is 13.1 Å². The third-order valence-corrected chi connectivity index (χ3v) is 3.43. The second-order valence-corrected chi connectivity index (χ2v) is 5.70. The summed E-state index contributed by atoms with van der Waals surface area (Å²) in [5, 5.41) is 3.08. The molecule has 2 saturated heterocycles. The number of nitrogens with zero attached hydrogens (tertiary/aromatic N) is 1. The number of hydrogen-bond acceptors (Lipinski definition) is 2. The van der Waals surface area contributed by atoms with E-state index in [-0.39, 0.29) is 17.0 Å². The molecule has 2 heterocycles. The molecule has 2 aliphatic rings. The summed E-state index contributed by atoms with van der Waals surface area (Å²) < 4.78 is 0. The molecule has 80 valence electrons. The van der Waals surface area contributed by atoms with E-state index in [1.54, 1.807) is 0 Å². The minimum atomic E-state index is 0.128. The van der Waals surface area contributed by atoms with Crippen molar-refractivity contribution in [1.29, 1.82) is 0 Å². The van der Waals surface area contributed by atoms with Gasteiger partial charge in [0, 0.05) is 12.1 Å². The van der Waals surface area contributed by atoms with Crippen LogP contribution < -0.4 is 5.32 Å². The van der Waals surface area contributed by atoms with Crippen LogP contribution in [0.1, 0.15) is 40.0 Å². The minimum absolute atomic E-state index is 0.128. The first kappa shape index (κ1) is 9.97. The van der Waals surface area contributed by atoms with Crippen molar-refractivity contribution < 1.29 is 4.79 Å². The standard InChI is InChI=1S/C11H20N2O/c1-10(2,3)13-6-4-5-11(8-13)7-9(14)12-11/h4-8H2,1-3H3,(H,12,14)/t11-/m1/s1. The Bertz CT molecular complexity index is 247. The second-order valence-electron chi connectivity index (χ2n) is 5.70. The number of rotatable bonds is 0. The maximum Gasteiger partial charge on any atom is 0.222 e. The number of likely N-dealkylation sites (tertiary alicyclic amines) is 1. The molecular weight excluding hydrogens is 176 g/mol. The average molecular weight is 196 g/mol. The summed E-state index contributed by atoms with van der Waals surface area (Å²) in [7, 11) is 0. The van der Waals surface area contributed by atoms with Gasteiger partial charge in [-0.3, -0.25) is 9.69 Å². The predicted octanol–water partition coefficient (Wildman–Crippen LogP) is 1.14. The van der Waals surface area contributed by atoms with E-state index in [2.05, 4.69) is 31.0 Å². The highest BCUT2D eigenvalue weighted by Crippen LogP contribution is 2.33. The zero-order valence-electron chi connectivity index (χ0n) is 9.39. The zero-order valence-corrected chi connectivity index (χ0v) is 9.39. The van der Waals surface area contributed by atoms with Crippen molar-refractivity contribution in [3.8, 4) is 0 Å². The molecule has 14 heavy (non-hydrogen) atoms. The number of nitrogens with one attached hydrogen (secondary N) is 1. The van der Waals surface area contributed by atoms with Crippen molar-refractivity contribution in [2.24, 2.45) is 0 Å². The smallest absolute Gasteiger partial charge is 0.222 e. The van der Waals surface area contributed by atoms with E-state index in [0.29, 0.717) is 0 Å². The summed E-state index contributed by atoms with van der Waals surface area (Å²) in [4.78, 5) is 13.5. The molecule has 1 amide bonds. The summed E-state index contributed by atoms with van der Waals surface area (Å²) in [5.41, 5.74) is 0.357. The van der Waals surface area contributed by atoms with Crippen LogP contribution in [0.4, 0.5) is 0 Å². The van der Waals surface area contributed by atoms with Crippen LogP contribution >= 0.6 is 0 Å². The highest BCUT2D eigenvalue weighted by atomic mass is 16.2. The Kier molecular flexibility index (Phi) is 2.11. The van der Waals surface area contributed by atoms with Crippen molar-refractivity contribution in [2.45, 2.75) is 51.1 Å². The maximum absolute atomic E-state index is 11.0. The van der Waals surface area contributed by atoms with Crippen molar-refractivity contribution in [3.05, 3.63) is 0 Å². The Hall–Kier alpha value is -0.570. The molecule has 1 atom stereocenters. The third kappa shape index (κ3) is 1.65. The van der Waals surface area contributed by atoms with Crippen LogP contribution in [0.15, 0.2) is 0 Å². The molecule has 2 aliphatic heterocycles. The third-order valence-electron chi connectivity index (χ3n) is 3.43. The molecular formula is C11H20N2O. The Morgan fingerprint density at radius 2 is 2.07 bits per heavy atom. The van der Waals surface area contributed by atoms with Crippen LogP contribution in [-0.2, 0) is 4.79 Å². The lowest BCUT2D eigenvalue weighted by Crippen LogP contribution is -2.69. The lowest BCUT2D eigenvalue weighted by atomic mass is 9.78. The zero-order chi connectivity index (χ0) is 10.4. The number of hydrogen-bond donors (Lipinski definition) is 1. The van der Waals surface area contributed by atoms with E-state index in [1.807, 2.05) is 0 Å². The van der Waals surface area contributed by atoms with Gasteiger partial charge in [0.05, 0.1) is 12.0 Å². The molecule has 0 unspecified atom stereocenters. The molecule has 0 aliphatic carbocycles. The van der Waals surface area contributed by atoms with E-state index in [9.17, 15) is 4.79 Å². The first-order valence-corrected chi connectivity index (χ1v) is 5.47. The monoisotopic (exact) mass is 196 g/mol. The Labute approximate surface area is 85.8 Å². The van der Waals surface area contributed by atoms with E-state index in [4.69, 9.17) is 0 Å². The summed E-state index contributed by atoms with van der Waals surface area (Å²) >= 11 is 0. The lowest BCUT2D eigenvalue weighted by molar-refractivity contribution is -0.136. The maximum atomic E-state index is 11.0. The highest BCUT2D eigenvalue weighted by molar-refractivity contribution is 5.84. The molecule has 0 radical (unpaired) electrons. The van der Waals surface area contributed by atoms with Crippen molar-refractivity contribution in [3.63, 3.8) is 0 Å². The molecule has 0 saturated carbocycles. The molecule has 3 nitrogen and oxygen atoms in total. The summed E-state index contributed by atoms with van der Waals surface area (Å²) in [6, 6.07) is 0. The SMILES string of the molecule is CC(C)(C)N1CCC[C@@]2(CC(=O)N2)C1. The van der Waals surface area contributed by atoms with E-state index in [0.717, 1.165) is 19.4 Å². The normalized spacial score (nSPS) is 34.1. The van der Waals surface area contributed by atoms with E-state index in [1.165, 1.54) is 13.0 Å². The van der Waals surface area contributed by atoms with Crippen LogP contribution in [-0.4, -0.2) is 35.0 Å². The fraction of sp³-hybridized carbons (Fsp3) is 0.909. The van der Waals surface area contributed by atoms with Crippen LogP contribution in [0.5, 0.6) is 0 Å². The van der Waals surface area contributed by atoms with Crippen LogP contribution in [0.2, 0.25) is 0 Å². The second kappa shape index (κ2) is 2.96. The Balaban J connectivity index is 2.02. The van der Waals surface area contributed by atoms with E-state index >= 15 is 0 Å². The van der Waals surface area contributed by atoms with Crippen LogP contribution in [0.25, 0.3) is 0 Å². The quantitative estimate of drug-likeness (QED) is 0.589. The van der Waals surface area contributed by atoms with Gasteiger partial charge in [-0.1, -0.05) is 0 Å². The topological polar surface area (TPSA) is 32.3 Å². The van der Waals surface area contributed by atoms with Gasteiger partial charge in [-0.25, -0.2) is 0 Å². The van der Waals surface area contributed by atoms with Gasteiger partial charge >= 0.3 is 0 Å². The fourth-order valence-electron chi connectivity index (χ4n) is 2.54. The van der Waals surface area contributed by atoms with Gasteiger partial charge in [0.15, 0.2) is 0 Å². The number of amides is 1. The Morgan fingerprint density at radius 1 is 1.43 bits per heavy atom. The fourth-order valence-corrected chi connectivity index (χ4v) is 2.54. The van der Waals surface area contributed by atoms with Crippen molar-refractivity contribution in [1.82, 2.24) is 10.2 Å². The van der Waals surface area contributed by atoms with Crippen LogP contribution in [0.3, 0.4) is 0 Å². The van der Waals surface area contributed by atoms with Gasteiger partial charge in [-0.15, -0.1) is 0 Å². The largest absolute Gasteiger partial charge is 0.349 e. The lowest BCUT2D eigenvalue weighted by Gasteiger charge is -2.52. The van der Waals surface area contributed by atoms with Gasteiger partial charge < -0.3 is 5.32 Å². The van der Waals surface area contributed by atoms with Gasteiger partial charge in [0.2, 0.25) is 5.91 Å². The summed E-state index contributed by atoms with van der Waals surface area (Å²) in [6.45, 7) is 8.93. The molecule has 0 bridgehead atoms. The van der Waals surface area contributed by atoms with Gasteiger partial charge in [0.25, 0.3) is 0 Å². The molecule has 1 N–H and O–H groups in total. The van der Waals surface area contributed by atoms with Crippen LogP contribution in [0, 0.1) is 0 Å². The number of carbonyl (C=O) groups excluding carboxylic acids is 1. The molecule has 0 aromatic rings. The summed E-state index contributed by atoms with van der Waals surface area (Å²) in [6.07, 6.45) is 3.10. The molecule has 3 heteroatoms. The molecule has 2 fully saturated rings. The van der Waals surface area contributed by atoms with Gasteiger partial charge in [0.1, 0.15) is 0 Å². The number of β-lactam (4-membered cyclic amide) rings is 1. The van der Waals surface area contributed by atoms with Gasteiger partial charge in [-0.2, -0.15) is 0 Å². The van der Waals surface area contributed by atoms with Gasteiger partial charge in [-0.05, 0) is 40.2 Å². The minimum Gasteiger partial charge on any atom is -0.349 e. The average Bonchev–Trinajstić information content (AvgIpc) is 2.00.